The number of hydrogen-bond acceptors (Lipinski definition) is 2. The standard InChI is InChI=1S/C10H11O3/c11-9(10(12)13)7-6-8-4-2-1-3-5-8/h1-5,7,9,11H,6H2,(H,12,13)/t9-/m1/s1. The number of aliphatic carboxylic acids is 1. The number of benzene rings is 1. The summed E-state index contributed by atoms with van der Waals surface area (Å²) in [7, 11) is 0. The van der Waals surface area contributed by atoms with Gasteiger partial charge in [0.25, 0.3) is 0 Å². The molecule has 3 nitrogen and oxygen atoms in total. The molecular formula is C10H11O3. The number of aliphatic hydroxyl groups excluding tert-OH is 1. The molecule has 0 fully saturated rings. The van der Waals surface area contributed by atoms with E-state index in [1.807, 2.05) is 30.3 Å². The van der Waals surface area contributed by atoms with Crippen molar-refractivity contribution in [2.75, 3.05) is 0 Å². The molecule has 0 unspecified atom stereocenters. The second-order valence-corrected chi connectivity index (χ2v) is 2.71. The van der Waals surface area contributed by atoms with Gasteiger partial charge in [0.1, 0.15) is 0 Å². The van der Waals surface area contributed by atoms with Crippen molar-refractivity contribution in [1.82, 2.24) is 0 Å². The Balaban J connectivity index is 2.39. The summed E-state index contributed by atoms with van der Waals surface area (Å²) >= 11 is 0. The summed E-state index contributed by atoms with van der Waals surface area (Å²) in [5.74, 6) is -1.21. The highest BCUT2D eigenvalue weighted by molar-refractivity contribution is 5.73. The molecule has 3 heteroatoms. The molecule has 1 aromatic carbocycles. The van der Waals surface area contributed by atoms with E-state index in [0.29, 0.717) is 6.42 Å². The minimum absolute atomic E-state index is 0.467. The van der Waals surface area contributed by atoms with Crippen LogP contribution in [0.15, 0.2) is 30.3 Å². The second-order valence-electron chi connectivity index (χ2n) is 2.71. The monoisotopic (exact) mass is 179 g/mol. The molecule has 2 N–H and O–H groups in total. The predicted octanol–water partition coefficient (Wildman–Crippen LogP) is 0.879. The average Bonchev–Trinajstić information content (AvgIpc) is 2.15. The third-order valence-electron chi connectivity index (χ3n) is 1.67. The van der Waals surface area contributed by atoms with E-state index in [0.717, 1.165) is 5.56 Å². The first-order valence-corrected chi connectivity index (χ1v) is 3.98. The highest BCUT2D eigenvalue weighted by atomic mass is 16.4. The molecule has 1 aromatic rings. The van der Waals surface area contributed by atoms with Crippen LogP contribution < -0.4 is 0 Å². The lowest BCUT2D eigenvalue weighted by molar-refractivity contribution is -0.144. The lowest BCUT2D eigenvalue weighted by atomic mass is 10.1. The molecular weight excluding hydrogens is 168 g/mol. The first-order chi connectivity index (χ1) is 6.20. The van der Waals surface area contributed by atoms with Crippen molar-refractivity contribution < 1.29 is 15.0 Å². The largest absolute Gasteiger partial charge is 0.479 e. The third-order valence-corrected chi connectivity index (χ3v) is 1.67. The summed E-state index contributed by atoms with van der Waals surface area (Å²) in [6, 6.07) is 9.39. The Morgan fingerprint density at radius 2 is 2.00 bits per heavy atom. The zero-order valence-corrected chi connectivity index (χ0v) is 7.05. The van der Waals surface area contributed by atoms with E-state index in [4.69, 9.17) is 10.2 Å². The van der Waals surface area contributed by atoms with E-state index < -0.39 is 12.1 Å². The van der Waals surface area contributed by atoms with Crippen molar-refractivity contribution in [1.29, 1.82) is 0 Å². The van der Waals surface area contributed by atoms with Crippen LogP contribution in [0.3, 0.4) is 0 Å². The van der Waals surface area contributed by atoms with Gasteiger partial charge in [-0.3, -0.25) is 0 Å². The van der Waals surface area contributed by atoms with Gasteiger partial charge in [-0.2, -0.15) is 0 Å². The maximum atomic E-state index is 10.2. The van der Waals surface area contributed by atoms with Crippen LogP contribution in [0.4, 0.5) is 0 Å². The molecule has 0 aliphatic rings. The molecule has 0 saturated carbocycles. The summed E-state index contributed by atoms with van der Waals surface area (Å²) < 4.78 is 0. The van der Waals surface area contributed by atoms with Gasteiger partial charge >= 0.3 is 5.97 Å². The Bertz CT molecular complexity index is 269. The van der Waals surface area contributed by atoms with Gasteiger partial charge in [-0.15, -0.1) is 0 Å². The highest BCUT2D eigenvalue weighted by Crippen LogP contribution is 2.03. The van der Waals surface area contributed by atoms with E-state index in [9.17, 15) is 4.79 Å². The molecule has 69 valence electrons. The number of carboxylic acids is 1. The molecule has 0 aliphatic heterocycles. The van der Waals surface area contributed by atoms with Crippen molar-refractivity contribution >= 4 is 5.97 Å². The lowest BCUT2D eigenvalue weighted by Gasteiger charge is -2.03. The molecule has 0 amide bonds. The summed E-state index contributed by atoms with van der Waals surface area (Å²) in [6.45, 7) is 0. The number of hydrogen-bond donors (Lipinski definition) is 2. The van der Waals surface area contributed by atoms with Crippen LogP contribution in [0.2, 0.25) is 0 Å². The molecule has 1 atom stereocenters. The Hall–Kier alpha value is -1.35. The molecule has 0 heterocycles. The fourth-order valence-corrected chi connectivity index (χ4v) is 0.963. The predicted molar refractivity (Wildman–Crippen MR) is 48.1 cm³/mol. The van der Waals surface area contributed by atoms with Gasteiger partial charge in [0, 0.05) is 6.42 Å². The lowest BCUT2D eigenvalue weighted by Crippen LogP contribution is -2.20. The maximum Gasteiger partial charge on any atom is 0.332 e. The van der Waals surface area contributed by atoms with Gasteiger partial charge in [0.05, 0.1) is 0 Å². The summed E-state index contributed by atoms with van der Waals surface area (Å²) in [6.07, 6.45) is 0.451. The fourth-order valence-electron chi connectivity index (χ4n) is 0.963. The normalized spacial score (nSPS) is 12.4. The van der Waals surface area contributed by atoms with Crippen LogP contribution in [0.1, 0.15) is 5.56 Å². The van der Waals surface area contributed by atoms with E-state index in [1.165, 1.54) is 6.42 Å². The van der Waals surface area contributed by atoms with E-state index in [-0.39, 0.29) is 0 Å². The number of carboxylic acid groups (broad SMARTS) is 1. The number of rotatable bonds is 4. The van der Waals surface area contributed by atoms with E-state index in [2.05, 4.69) is 0 Å². The first kappa shape index (κ1) is 9.74. The van der Waals surface area contributed by atoms with E-state index in [1.54, 1.807) is 0 Å². The molecule has 0 aromatic heterocycles. The second kappa shape index (κ2) is 4.62. The fraction of sp³-hybridized carbons (Fsp3) is 0.200. The van der Waals surface area contributed by atoms with E-state index >= 15 is 0 Å². The summed E-state index contributed by atoms with van der Waals surface area (Å²) in [5, 5.41) is 17.3. The van der Waals surface area contributed by atoms with Crippen molar-refractivity contribution in [3.63, 3.8) is 0 Å². The van der Waals surface area contributed by atoms with Crippen LogP contribution >= 0.6 is 0 Å². The average molecular weight is 179 g/mol. The minimum atomic E-state index is -1.37. The zero-order chi connectivity index (χ0) is 9.68. The molecule has 0 spiro atoms. The molecule has 13 heavy (non-hydrogen) atoms. The molecule has 0 aliphatic carbocycles. The van der Waals surface area contributed by atoms with Crippen LogP contribution in [0, 0.1) is 6.42 Å². The number of aliphatic hydroxyl groups is 1. The topological polar surface area (TPSA) is 57.5 Å². The van der Waals surface area contributed by atoms with Crippen molar-refractivity contribution in [2.24, 2.45) is 0 Å². The smallest absolute Gasteiger partial charge is 0.332 e. The van der Waals surface area contributed by atoms with Gasteiger partial charge in [0.15, 0.2) is 6.10 Å². The van der Waals surface area contributed by atoms with Crippen LogP contribution in [-0.4, -0.2) is 22.3 Å². The molecule has 0 saturated heterocycles. The Kier molecular flexibility index (Phi) is 3.46. The molecule has 1 radical (unpaired) electrons. The van der Waals surface area contributed by atoms with Crippen molar-refractivity contribution in [3.8, 4) is 0 Å². The van der Waals surface area contributed by atoms with Crippen LogP contribution in [-0.2, 0) is 11.2 Å². The van der Waals surface area contributed by atoms with Crippen LogP contribution in [0.5, 0.6) is 0 Å². The first-order valence-electron chi connectivity index (χ1n) is 3.98. The third kappa shape index (κ3) is 3.25. The van der Waals surface area contributed by atoms with Gasteiger partial charge in [-0.05, 0) is 12.0 Å². The quantitative estimate of drug-likeness (QED) is 0.721. The van der Waals surface area contributed by atoms with Crippen molar-refractivity contribution in [3.05, 3.63) is 42.3 Å². The summed E-state index contributed by atoms with van der Waals surface area (Å²) in [4.78, 5) is 10.2. The number of carbonyl (C=O) groups is 1. The Labute approximate surface area is 76.6 Å². The molecule has 0 bridgehead atoms. The highest BCUT2D eigenvalue weighted by Gasteiger charge is 2.12. The van der Waals surface area contributed by atoms with Gasteiger partial charge < -0.3 is 10.2 Å². The maximum absolute atomic E-state index is 10.2. The zero-order valence-electron chi connectivity index (χ0n) is 7.05. The van der Waals surface area contributed by atoms with Crippen LogP contribution in [0.25, 0.3) is 0 Å². The van der Waals surface area contributed by atoms with Gasteiger partial charge in [-0.25, -0.2) is 4.79 Å². The molecule has 1 rings (SSSR count). The Morgan fingerprint density at radius 1 is 1.38 bits per heavy atom. The summed E-state index contributed by atoms with van der Waals surface area (Å²) in [5.41, 5.74) is 0.989. The van der Waals surface area contributed by atoms with Crippen molar-refractivity contribution in [2.45, 2.75) is 12.5 Å². The minimum Gasteiger partial charge on any atom is -0.479 e. The Morgan fingerprint density at radius 3 is 2.54 bits per heavy atom. The van der Waals surface area contributed by atoms with Gasteiger partial charge in [0.2, 0.25) is 0 Å². The SMILES string of the molecule is O=C(O)[C@H](O)[CH]Cc1ccccc1. The van der Waals surface area contributed by atoms with Gasteiger partial charge in [-0.1, -0.05) is 30.3 Å².